The number of hydrogen-bond acceptors (Lipinski definition) is 6. The smallest absolute Gasteiger partial charge is 0.270 e. The van der Waals surface area contributed by atoms with Crippen LogP contribution >= 0.6 is 0 Å². The highest BCUT2D eigenvalue weighted by Gasteiger charge is 2.25. The molecule has 1 saturated heterocycles. The Bertz CT molecular complexity index is 870. The van der Waals surface area contributed by atoms with Crippen molar-refractivity contribution in [2.75, 3.05) is 37.7 Å². The molecule has 1 amide bonds. The SMILES string of the molecule is O=C(NC[C@@H]1Cc2ccccc2O1)c1cc([N+](=O)[O-])ccc1N1CCOCC1. The van der Waals surface area contributed by atoms with Crippen LogP contribution in [0.5, 0.6) is 5.75 Å². The van der Waals surface area contributed by atoms with Crippen molar-refractivity contribution in [3.05, 3.63) is 63.7 Å². The van der Waals surface area contributed by atoms with Gasteiger partial charge < -0.3 is 19.7 Å². The number of amides is 1. The lowest BCUT2D eigenvalue weighted by Crippen LogP contribution is -2.39. The summed E-state index contributed by atoms with van der Waals surface area (Å²) < 4.78 is 11.2. The highest BCUT2D eigenvalue weighted by atomic mass is 16.6. The molecule has 1 N–H and O–H groups in total. The maximum atomic E-state index is 12.9. The van der Waals surface area contributed by atoms with Gasteiger partial charge in [0.2, 0.25) is 0 Å². The van der Waals surface area contributed by atoms with E-state index in [0.29, 0.717) is 44.1 Å². The van der Waals surface area contributed by atoms with E-state index in [1.807, 2.05) is 29.2 Å². The molecule has 0 radical (unpaired) electrons. The molecule has 8 heteroatoms. The Hall–Kier alpha value is -3.13. The number of benzene rings is 2. The predicted octanol–water partition coefficient (Wildman–Crippen LogP) is 2.16. The summed E-state index contributed by atoms with van der Waals surface area (Å²) in [6.45, 7) is 2.73. The van der Waals surface area contributed by atoms with E-state index >= 15 is 0 Å². The number of nitro benzene ring substituents is 1. The van der Waals surface area contributed by atoms with Crippen LogP contribution in [-0.2, 0) is 11.2 Å². The summed E-state index contributed by atoms with van der Waals surface area (Å²) in [5.41, 5.74) is 1.99. The van der Waals surface area contributed by atoms with Crippen LogP contribution in [0, 0.1) is 10.1 Å². The minimum atomic E-state index is -0.489. The van der Waals surface area contributed by atoms with Gasteiger partial charge in [-0.15, -0.1) is 0 Å². The Morgan fingerprint density at radius 3 is 2.75 bits per heavy atom. The number of anilines is 1. The number of non-ortho nitro benzene ring substituents is 1. The van der Waals surface area contributed by atoms with Crippen molar-refractivity contribution < 1.29 is 19.2 Å². The third-order valence-corrected chi connectivity index (χ3v) is 4.99. The molecule has 2 heterocycles. The lowest BCUT2D eigenvalue weighted by atomic mass is 10.1. The molecule has 2 aromatic carbocycles. The van der Waals surface area contributed by atoms with Gasteiger partial charge in [0.15, 0.2) is 0 Å². The van der Waals surface area contributed by atoms with E-state index in [0.717, 1.165) is 17.7 Å². The van der Waals surface area contributed by atoms with Crippen LogP contribution < -0.4 is 15.0 Å². The van der Waals surface area contributed by atoms with E-state index in [1.54, 1.807) is 6.07 Å². The van der Waals surface area contributed by atoms with Crippen LogP contribution in [0.1, 0.15) is 15.9 Å². The van der Waals surface area contributed by atoms with Gasteiger partial charge in [-0.05, 0) is 17.7 Å². The van der Waals surface area contributed by atoms with Crippen molar-refractivity contribution in [2.45, 2.75) is 12.5 Å². The van der Waals surface area contributed by atoms with Gasteiger partial charge in [0.1, 0.15) is 11.9 Å². The largest absolute Gasteiger partial charge is 0.488 e. The molecule has 2 aliphatic rings. The minimum Gasteiger partial charge on any atom is -0.488 e. The molecule has 8 nitrogen and oxygen atoms in total. The Balaban J connectivity index is 1.49. The Labute approximate surface area is 162 Å². The second kappa shape index (κ2) is 7.85. The summed E-state index contributed by atoms with van der Waals surface area (Å²) in [6.07, 6.45) is 0.578. The van der Waals surface area contributed by atoms with Gasteiger partial charge in [0, 0.05) is 31.6 Å². The Morgan fingerprint density at radius 2 is 2.00 bits per heavy atom. The van der Waals surface area contributed by atoms with Crippen molar-refractivity contribution in [3.63, 3.8) is 0 Å². The van der Waals surface area contributed by atoms with Crippen molar-refractivity contribution in [2.24, 2.45) is 0 Å². The molecule has 0 bridgehead atoms. The van der Waals surface area contributed by atoms with Gasteiger partial charge in [-0.3, -0.25) is 14.9 Å². The number of fused-ring (bicyclic) bond motifs is 1. The molecular weight excluding hydrogens is 362 g/mol. The number of carbonyl (C=O) groups is 1. The zero-order valence-corrected chi connectivity index (χ0v) is 15.3. The maximum absolute atomic E-state index is 12.9. The number of nitrogens with zero attached hydrogens (tertiary/aromatic N) is 2. The van der Waals surface area contributed by atoms with E-state index in [2.05, 4.69) is 5.32 Å². The van der Waals surface area contributed by atoms with Crippen molar-refractivity contribution in [1.29, 1.82) is 0 Å². The molecular formula is C20H21N3O5. The molecule has 1 atom stereocenters. The third kappa shape index (κ3) is 3.77. The van der Waals surface area contributed by atoms with Crippen LogP contribution in [0.4, 0.5) is 11.4 Å². The van der Waals surface area contributed by atoms with Crippen LogP contribution in [-0.4, -0.2) is 49.8 Å². The monoisotopic (exact) mass is 383 g/mol. The fraction of sp³-hybridized carbons (Fsp3) is 0.350. The second-order valence-electron chi connectivity index (χ2n) is 6.82. The van der Waals surface area contributed by atoms with Crippen molar-refractivity contribution in [3.8, 4) is 5.75 Å². The number of ether oxygens (including phenoxy) is 2. The molecule has 28 heavy (non-hydrogen) atoms. The molecule has 0 aliphatic carbocycles. The predicted molar refractivity (Wildman–Crippen MR) is 103 cm³/mol. The van der Waals surface area contributed by atoms with Crippen LogP contribution in [0.3, 0.4) is 0 Å². The molecule has 1 fully saturated rings. The standard InChI is InChI=1S/C20H21N3O5/c24-20(21-13-16-11-14-3-1-2-4-19(14)28-16)17-12-15(23(25)26)5-6-18(17)22-7-9-27-10-8-22/h1-6,12,16H,7-11,13H2,(H,21,24)/t16-/m0/s1. The van der Waals surface area contributed by atoms with Gasteiger partial charge in [-0.1, -0.05) is 18.2 Å². The van der Waals surface area contributed by atoms with Crippen molar-refractivity contribution in [1.82, 2.24) is 5.32 Å². The van der Waals surface area contributed by atoms with E-state index in [-0.39, 0.29) is 17.7 Å². The molecule has 0 unspecified atom stereocenters. The Morgan fingerprint density at radius 1 is 1.21 bits per heavy atom. The number of carbonyl (C=O) groups excluding carboxylic acids is 1. The van der Waals surface area contributed by atoms with E-state index in [4.69, 9.17) is 9.47 Å². The van der Waals surface area contributed by atoms with Crippen molar-refractivity contribution >= 4 is 17.3 Å². The normalized spacial score (nSPS) is 18.3. The van der Waals surface area contributed by atoms with E-state index in [1.165, 1.54) is 12.1 Å². The van der Waals surface area contributed by atoms with Gasteiger partial charge in [0.25, 0.3) is 11.6 Å². The van der Waals surface area contributed by atoms with Gasteiger partial charge in [0.05, 0.1) is 35.9 Å². The maximum Gasteiger partial charge on any atom is 0.270 e. The third-order valence-electron chi connectivity index (χ3n) is 4.99. The lowest BCUT2D eigenvalue weighted by molar-refractivity contribution is -0.384. The number of nitro groups is 1. The van der Waals surface area contributed by atoms with Crippen LogP contribution in [0.25, 0.3) is 0 Å². The first-order valence-corrected chi connectivity index (χ1v) is 9.26. The average Bonchev–Trinajstić information content (AvgIpc) is 3.15. The summed E-state index contributed by atoms with van der Waals surface area (Å²) in [5, 5.41) is 14.1. The highest BCUT2D eigenvalue weighted by Crippen LogP contribution is 2.29. The molecule has 0 saturated carbocycles. The summed E-state index contributed by atoms with van der Waals surface area (Å²) in [5.74, 6) is 0.496. The molecule has 4 rings (SSSR count). The minimum absolute atomic E-state index is 0.105. The quantitative estimate of drug-likeness (QED) is 0.628. The first kappa shape index (κ1) is 18.2. The average molecular weight is 383 g/mol. The summed E-state index contributed by atoms with van der Waals surface area (Å²) >= 11 is 0. The number of morpholine rings is 1. The summed E-state index contributed by atoms with van der Waals surface area (Å²) in [6, 6.07) is 12.2. The van der Waals surface area contributed by atoms with Gasteiger partial charge >= 0.3 is 0 Å². The Kier molecular flexibility index (Phi) is 5.12. The molecule has 0 spiro atoms. The first-order valence-electron chi connectivity index (χ1n) is 9.26. The number of rotatable bonds is 5. The fourth-order valence-corrected chi connectivity index (χ4v) is 3.57. The molecule has 146 valence electrons. The first-order chi connectivity index (χ1) is 13.6. The van der Waals surface area contributed by atoms with Crippen LogP contribution in [0.15, 0.2) is 42.5 Å². The fourth-order valence-electron chi connectivity index (χ4n) is 3.57. The van der Waals surface area contributed by atoms with Crippen LogP contribution in [0.2, 0.25) is 0 Å². The van der Waals surface area contributed by atoms with Gasteiger partial charge in [-0.25, -0.2) is 0 Å². The molecule has 2 aromatic rings. The van der Waals surface area contributed by atoms with Gasteiger partial charge in [-0.2, -0.15) is 0 Å². The molecule has 0 aromatic heterocycles. The topological polar surface area (TPSA) is 93.9 Å². The highest BCUT2D eigenvalue weighted by molar-refractivity contribution is 6.00. The number of nitrogens with one attached hydrogen (secondary N) is 1. The zero-order chi connectivity index (χ0) is 19.5. The molecule has 2 aliphatic heterocycles. The van der Waals surface area contributed by atoms with E-state index in [9.17, 15) is 14.9 Å². The lowest BCUT2D eigenvalue weighted by Gasteiger charge is -2.30. The summed E-state index contributed by atoms with van der Waals surface area (Å²) in [4.78, 5) is 25.6. The number of para-hydroxylation sites is 1. The second-order valence-corrected chi connectivity index (χ2v) is 6.82. The number of hydrogen-bond donors (Lipinski definition) is 1. The van der Waals surface area contributed by atoms with E-state index < -0.39 is 4.92 Å². The summed E-state index contributed by atoms with van der Waals surface area (Å²) in [7, 11) is 0. The zero-order valence-electron chi connectivity index (χ0n) is 15.3.